The zero-order valence-corrected chi connectivity index (χ0v) is 13.6. The number of carboxylic acids is 1. The van der Waals surface area contributed by atoms with E-state index in [2.05, 4.69) is 6.92 Å². The summed E-state index contributed by atoms with van der Waals surface area (Å²) in [6, 6.07) is 2.99. The van der Waals surface area contributed by atoms with Crippen LogP contribution in [-0.4, -0.2) is 28.8 Å². The van der Waals surface area contributed by atoms with Crippen molar-refractivity contribution in [3.63, 3.8) is 0 Å². The second-order valence-electron chi connectivity index (χ2n) is 5.34. The summed E-state index contributed by atoms with van der Waals surface area (Å²) in [5.41, 5.74) is -0.491. The highest BCUT2D eigenvalue weighted by Gasteiger charge is 2.21. The van der Waals surface area contributed by atoms with E-state index in [4.69, 9.17) is 14.3 Å². The molecule has 0 aliphatic rings. The van der Waals surface area contributed by atoms with Gasteiger partial charge in [-0.3, -0.25) is 0 Å². The van der Waals surface area contributed by atoms with Gasteiger partial charge in [-0.15, -0.1) is 0 Å². The van der Waals surface area contributed by atoms with Crippen molar-refractivity contribution in [2.45, 2.75) is 46.1 Å². The largest absolute Gasteiger partial charge is 0.477 e. The maximum Gasteiger partial charge on any atom is 0.345 e. The molecule has 1 aromatic rings. The number of aliphatic hydroxyl groups is 1. The lowest BCUT2D eigenvalue weighted by Crippen LogP contribution is -2.19. The molecule has 6 nitrogen and oxygen atoms in total. The van der Waals surface area contributed by atoms with Crippen molar-refractivity contribution in [3.8, 4) is 0 Å². The first kappa shape index (κ1) is 19.0. The van der Waals surface area contributed by atoms with Crippen LogP contribution in [0.25, 0.3) is 6.08 Å². The quantitative estimate of drug-likeness (QED) is 0.297. The van der Waals surface area contributed by atoms with Crippen molar-refractivity contribution >= 4 is 18.0 Å². The number of ether oxygens (including phenoxy) is 1. The average Bonchev–Trinajstić information content (AvgIpc) is 3.00. The highest BCUT2D eigenvalue weighted by atomic mass is 16.5. The van der Waals surface area contributed by atoms with Gasteiger partial charge in [0, 0.05) is 6.08 Å². The molecular weight excluding hydrogens is 300 g/mol. The molecule has 6 heteroatoms. The number of rotatable bonds is 10. The standard InChI is InChI=1S/C17H24O6/c1-3-5-6-12(4-2)11-22-17(21)15(16(19)20)9-13-7-8-14(10-18)23-13/h7-9,12,18H,3-6,10-11H2,1-2H3,(H,19,20)/b15-9+. The Morgan fingerprint density at radius 2 is 2.09 bits per heavy atom. The third-order valence-corrected chi connectivity index (χ3v) is 3.57. The first-order valence-electron chi connectivity index (χ1n) is 7.83. The third-order valence-electron chi connectivity index (χ3n) is 3.57. The fourth-order valence-electron chi connectivity index (χ4n) is 2.08. The van der Waals surface area contributed by atoms with E-state index >= 15 is 0 Å². The van der Waals surface area contributed by atoms with E-state index in [9.17, 15) is 14.7 Å². The molecule has 1 heterocycles. The first-order valence-corrected chi connectivity index (χ1v) is 7.83. The molecule has 2 N–H and O–H groups in total. The lowest BCUT2D eigenvalue weighted by molar-refractivity contribution is -0.145. The number of hydrogen-bond acceptors (Lipinski definition) is 5. The number of unbranched alkanes of at least 4 members (excludes halogenated alkanes) is 1. The fourth-order valence-corrected chi connectivity index (χ4v) is 2.08. The van der Waals surface area contributed by atoms with E-state index in [1.807, 2.05) is 6.92 Å². The fraction of sp³-hybridized carbons (Fsp3) is 0.529. The molecule has 0 radical (unpaired) electrons. The maximum absolute atomic E-state index is 12.0. The Labute approximate surface area is 135 Å². The van der Waals surface area contributed by atoms with Crippen molar-refractivity contribution < 1.29 is 29.0 Å². The predicted octanol–water partition coefficient (Wildman–Crippen LogP) is 3.00. The monoisotopic (exact) mass is 324 g/mol. The van der Waals surface area contributed by atoms with Crippen LogP contribution in [0.4, 0.5) is 0 Å². The van der Waals surface area contributed by atoms with E-state index in [-0.39, 0.29) is 24.9 Å². The van der Waals surface area contributed by atoms with Gasteiger partial charge in [-0.05, 0) is 24.5 Å². The van der Waals surface area contributed by atoms with Gasteiger partial charge in [0.25, 0.3) is 0 Å². The van der Waals surface area contributed by atoms with Crippen molar-refractivity contribution in [3.05, 3.63) is 29.2 Å². The van der Waals surface area contributed by atoms with Crippen molar-refractivity contribution in [1.82, 2.24) is 0 Å². The number of furan rings is 1. The van der Waals surface area contributed by atoms with Gasteiger partial charge in [0.1, 0.15) is 23.7 Å². The summed E-state index contributed by atoms with van der Waals surface area (Å²) >= 11 is 0. The first-order chi connectivity index (χ1) is 11.0. The zero-order chi connectivity index (χ0) is 17.2. The molecule has 0 fully saturated rings. The van der Waals surface area contributed by atoms with E-state index in [0.717, 1.165) is 31.8 Å². The normalized spacial score (nSPS) is 12.9. The van der Waals surface area contributed by atoms with E-state index in [0.29, 0.717) is 5.76 Å². The molecule has 0 saturated carbocycles. The number of aliphatic carboxylic acids is 1. The van der Waals surface area contributed by atoms with E-state index < -0.39 is 17.5 Å². The summed E-state index contributed by atoms with van der Waals surface area (Å²) < 4.78 is 10.3. The van der Waals surface area contributed by atoms with Crippen LogP contribution in [0.3, 0.4) is 0 Å². The highest BCUT2D eigenvalue weighted by molar-refractivity contribution is 6.16. The Kier molecular flexibility index (Phi) is 8.11. The molecule has 0 aromatic carbocycles. The molecular formula is C17H24O6. The topological polar surface area (TPSA) is 97.0 Å². The maximum atomic E-state index is 12.0. The van der Waals surface area contributed by atoms with Crippen LogP contribution in [-0.2, 0) is 20.9 Å². The van der Waals surface area contributed by atoms with Crippen molar-refractivity contribution in [1.29, 1.82) is 0 Å². The number of esters is 1. The highest BCUT2D eigenvalue weighted by Crippen LogP contribution is 2.16. The van der Waals surface area contributed by atoms with Crippen LogP contribution in [0, 0.1) is 5.92 Å². The van der Waals surface area contributed by atoms with Gasteiger partial charge in [-0.2, -0.15) is 0 Å². The molecule has 1 aromatic heterocycles. The molecule has 1 rings (SSSR count). The van der Waals surface area contributed by atoms with Crippen LogP contribution in [0.1, 0.15) is 51.1 Å². The Bertz CT molecular complexity index is 543. The number of aliphatic hydroxyl groups excluding tert-OH is 1. The minimum atomic E-state index is -1.38. The summed E-state index contributed by atoms with van der Waals surface area (Å²) in [6.45, 7) is 4.02. The summed E-state index contributed by atoms with van der Waals surface area (Å²) in [5, 5.41) is 18.1. The molecule has 23 heavy (non-hydrogen) atoms. The number of hydrogen-bond donors (Lipinski definition) is 2. The van der Waals surface area contributed by atoms with Crippen LogP contribution < -0.4 is 0 Å². The van der Waals surface area contributed by atoms with Crippen molar-refractivity contribution in [2.24, 2.45) is 5.92 Å². The Morgan fingerprint density at radius 3 is 2.61 bits per heavy atom. The predicted molar refractivity (Wildman–Crippen MR) is 84.5 cm³/mol. The summed E-state index contributed by atoms with van der Waals surface area (Å²) in [5.74, 6) is -1.55. The third kappa shape index (κ3) is 6.28. The van der Waals surface area contributed by atoms with Gasteiger partial charge in [-0.25, -0.2) is 9.59 Å². The lowest BCUT2D eigenvalue weighted by atomic mass is 10.0. The summed E-state index contributed by atoms with van der Waals surface area (Å²) in [4.78, 5) is 23.2. The number of carbonyl (C=O) groups excluding carboxylic acids is 1. The van der Waals surface area contributed by atoms with Gasteiger partial charge < -0.3 is 19.4 Å². The molecule has 0 aliphatic carbocycles. The van der Waals surface area contributed by atoms with Gasteiger partial charge in [0.15, 0.2) is 0 Å². The van der Waals surface area contributed by atoms with Crippen LogP contribution in [0.15, 0.2) is 22.1 Å². The summed E-state index contributed by atoms with van der Waals surface area (Å²) in [7, 11) is 0. The molecule has 0 spiro atoms. The molecule has 1 atom stereocenters. The molecule has 0 amide bonds. The zero-order valence-electron chi connectivity index (χ0n) is 13.6. The lowest BCUT2D eigenvalue weighted by Gasteiger charge is -2.14. The molecule has 0 aliphatic heterocycles. The average molecular weight is 324 g/mol. The van der Waals surface area contributed by atoms with Crippen molar-refractivity contribution in [2.75, 3.05) is 6.61 Å². The molecule has 0 saturated heterocycles. The van der Waals surface area contributed by atoms with Gasteiger partial charge in [0.2, 0.25) is 0 Å². The Morgan fingerprint density at radius 1 is 1.35 bits per heavy atom. The Balaban J connectivity index is 2.73. The van der Waals surface area contributed by atoms with Gasteiger partial charge >= 0.3 is 11.9 Å². The van der Waals surface area contributed by atoms with E-state index in [1.54, 1.807) is 0 Å². The smallest absolute Gasteiger partial charge is 0.345 e. The van der Waals surface area contributed by atoms with E-state index in [1.165, 1.54) is 12.1 Å². The van der Waals surface area contributed by atoms with Crippen LogP contribution in [0.2, 0.25) is 0 Å². The number of carbonyl (C=O) groups is 2. The second kappa shape index (κ2) is 9.84. The minimum Gasteiger partial charge on any atom is -0.477 e. The van der Waals surface area contributed by atoms with Crippen LogP contribution in [0.5, 0.6) is 0 Å². The minimum absolute atomic E-state index is 0.182. The Hall–Kier alpha value is -2.08. The summed E-state index contributed by atoms with van der Waals surface area (Å²) in [6.07, 6.45) is 5.04. The van der Waals surface area contributed by atoms with Gasteiger partial charge in [0.05, 0.1) is 6.61 Å². The molecule has 0 bridgehead atoms. The molecule has 128 valence electrons. The molecule has 1 unspecified atom stereocenters. The SMILES string of the molecule is CCCCC(CC)COC(=O)/C(=C/c1ccc(CO)o1)C(=O)O. The van der Waals surface area contributed by atoms with Gasteiger partial charge in [-0.1, -0.05) is 33.1 Å². The second-order valence-corrected chi connectivity index (χ2v) is 5.34. The van der Waals surface area contributed by atoms with Crippen LogP contribution >= 0.6 is 0 Å². The number of carboxylic acid groups (broad SMARTS) is 1.